The molecule has 3 aliphatic rings. The van der Waals surface area contributed by atoms with Gasteiger partial charge in [0.25, 0.3) is 5.91 Å². The van der Waals surface area contributed by atoms with Gasteiger partial charge in [-0.3, -0.25) is 19.4 Å². The Labute approximate surface area is 198 Å². The van der Waals surface area contributed by atoms with E-state index in [1.807, 2.05) is 21.9 Å². The Hall–Kier alpha value is -2.12. The minimum absolute atomic E-state index is 0.00740. The summed E-state index contributed by atoms with van der Waals surface area (Å²) in [6.07, 6.45) is 4.01. The van der Waals surface area contributed by atoms with E-state index in [1.54, 1.807) is 0 Å². The van der Waals surface area contributed by atoms with Crippen LogP contribution in [-0.2, 0) is 15.0 Å². The molecule has 1 saturated carbocycles. The molecule has 0 spiro atoms. The van der Waals surface area contributed by atoms with Crippen molar-refractivity contribution < 1.29 is 14.3 Å². The van der Waals surface area contributed by atoms with Gasteiger partial charge in [0, 0.05) is 58.4 Å². The van der Waals surface area contributed by atoms with E-state index in [2.05, 4.69) is 42.7 Å². The largest absolute Gasteiger partial charge is 0.484 e. The highest BCUT2D eigenvalue weighted by atomic mass is 16.5. The maximum absolute atomic E-state index is 12.8. The quantitative estimate of drug-likeness (QED) is 0.657. The Bertz CT molecular complexity index is 800. The normalized spacial score (nSPS) is 21.1. The van der Waals surface area contributed by atoms with E-state index < -0.39 is 0 Å². The lowest BCUT2D eigenvalue weighted by molar-refractivity contribution is -0.137. The molecule has 0 unspecified atom stereocenters. The molecule has 0 N–H and O–H groups in total. The third kappa shape index (κ3) is 6.27. The molecule has 2 amide bonds. The van der Waals surface area contributed by atoms with Crippen LogP contribution in [0.1, 0.15) is 45.6 Å². The van der Waals surface area contributed by atoms with E-state index in [0.717, 1.165) is 51.1 Å². The molecule has 0 bridgehead atoms. The lowest BCUT2D eigenvalue weighted by Gasteiger charge is -2.43. The summed E-state index contributed by atoms with van der Waals surface area (Å²) >= 11 is 0. The maximum Gasteiger partial charge on any atom is 0.260 e. The number of rotatable bonds is 6. The van der Waals surface area contributed by atoms with Crippen LogP contribution >= 0.6 is 0 Å². The minimum atomic E-state index is 0.00740. The molecule has 182 valence electrons. The number of hydrogen-bond acceptors (Lipinski definition) is 5. The number of carbonyl (C=O) groups is 2. The molecule has 1 aromatic rings. The predicted molar refractivity (Wildman–Crippen MR) is 129 cm³/mol. The van der Waals surface area contributed by atoms with E-state index in [1.165, 1.54) is 24.8 Å². The summed E-state index contributed by atoms with van der Waals surface area (Å²) in [5, 5.41) is 0. The summed E-state index contributed by atoms with van der Waals surface area (Å²) in [4.78, 5) is 33.9. The van der Waals surface area contributed by atoms with E-state index in [4.69, 9.17) is 4.74 Å². The molecule has 1 aromatic carbocycles. The molecule has 7 heteroatoms. The molecule has 33 heavy (non-hydrogen) atoms. The fourth-order valence-corrected chi connectivity index (χ4v) is 4.82. The molecule has 2 aliphatic heterocycles. The van der Waals surface area contributed by atoms with Crippen LogP contribution in [0.4, 0.5) is 0 Å². The third-order valence-electron chi connectivity index (χ3n) is 7.42. The number of nitrogens with zero attached hydrogens (tertiary/aromatic N) is 4. The fourth-order valence-electron chi connectivity index (χ4n) is 4.82. The van der Waals surface area contributed by atoms with Crippen molar-refractivity contribution in [1.29, 1.82) is 0 Å². The summed E-state index contributed by atoms with van der Waals surface area (Å²) in [7, 11) is 0. The van der Waals surface area contributed by atoms with Crippen molar-refractivity contribution in [3.8, 4) is 5.75 Å². The van der Waals surface area contributed by atoms with Crippen molar-refractivity contribution in [1.82, 2.24) is 19.6 Å². The van der Waals surface area contributed by atoms with E-state index in [0.29, 0.717) is 19.6 Å². The second kappa shape index (κ2) is 10.4. The number of carbonyl (C=O) groups excluding carboxylic acids is 2. The minimum Gasteiger partial charge on any atom is -0.484 e. The highest BCUT2D eigenvalue weighted by Gasteiger charge is 2.30. The van der Waals surface area contributed by atoms with Crippen molar-refractivity contribution in [2.75, 3.05) is 65.5 Å². The maximum atomic E-state index is 12.8. The van der Waals surface area contributed by atoms with Gasteiger partial charge in [0.05, 0.1) is 6.54 Å². The molecule has 0 aromatic heterocycles. The lowest BCUT2D eigenvalue weighted by Crippen LogP contribution is -2.56. The Kier molecular flexibility index (Phi) is 7.59. The number of ether oxygens (including phenoxy) is 1. The number of benzene rings is 1. The van der Waals surface area contributed by atoms with Gasteiger partial charge in [0.15, 0.2) is 6.61 Å². The topological polar surface area (TPSA) is 56.3 Å². The first-order valence-electron chi connectivity index (χ1n) is 12.5. The van der Waals surface area contributed by atoms with Crippen molar-refractivity contribution in [3.05, 3.63) is 29.8 Å². The first-order valence-corrected chi connectivity index (χ1v) is 12.5. The van der Waals surface area contributed by atoms with Crippen LogP contribution in [0.3, 0.4) is 0 Å². The highest BCUT2D eigenvalue weighted by molar-refractivity contribution is 5.79. The van der Waals surface area contributed by atoms with Crippen LogP contribution in [0.25, 0.3) is 0 Å². The molecule has 3 fully saturated rings. The van der Waals surface area contributed by atoms with E-state index >= 15 is 0 Å². The molecule has 1 aliphatic carbocycles. The molecule has 2 heterocycles. The summed E-state index contributed by atoms with van der Waals surface area (Å²) in [6.45, 7) is 13.5. The number of amides is 2. The average Bonchev–Trinajstić information content (AvgIpc) is 2.77. The summed E-state index contributed by atoms with van der Waals surface area (Å²) in [5.41, 5.74) is 1.34. The van der Waals surface area contributed by atoms with Gasteiger partial charge >= 0.3 is 0 Å². The van der Waals surface area contributed by atoms with Crippen LogP contribution in [-0.4, -0.2) is 103 Å². The average molecular weight is 457 g/mol. The molecule has 4 rings (SSSR count). The van der Waals surface area contributed by atoms with Gasteiger partial charge in [0.1, 0.15) is 5.75 Å². The van der Waals surface area contributed by atoms with Gasteiger partial charge in [0.2, 0.25) is 5.91 Å². The Balaban J connectivity index is 1.14. The molecular formula is C26H40N4O3. The Morgan fingerprint density at radius 1 is 0.848 bits per heavy atom. The lowest BCUT2D eigenvalue weighted by atomic mass is 9.87. The summed E-state index contributed by atoms with van der Waals surface area (Å²) in [6, 6.07) is 8.75. The van der Waals surface area contributed by atoms with Gasteiger partial charge in [-0.15, -0.1) is 0 Å². The monoisotopic (exact) mass is 456 g/mol. The number of piperazine rings is 2. The van der Waals surface area contributed by atoms with Gasteiger partial charge in [-0.25, -0.2) is 0 Å². The summed E-state index contributed by atoms with van der Waals surface area (Å²) < 4.78 is 5.73. The highest BCUT2D eigenvalue weighted by Crippen LogP contribution is 2.26. The van der Waals surface area contributed by atoms with E-state index in [-0.39, 0.29) is 23.8 Å². The Morgan fingerprint density at radius 3 is 1.97 bits per heavy atom. The van der Waals surface area contributed by atoms with Crippen molar-refractivity contribution in [2.45, 2.75) is 51.5 Å². The van der Waals surface area contributed by atoms with Crippen LogP contribution < -0.4 is 4.74 Å². The zero-order valence-corrected chi connectivity index (χ0v) is 20.6. The van der Waals surface area contributed by atoms with Crippen molar-refractivity contribution in [3.63, 3.8) is 0 Å². The van der Waals surface area contributed by atoms with Crippen LogP contribution in [0.15, 0.2) is 24.3 Å². The second-order valence-corrected chi connectivity index (χ2v) is 10.7. The SMILES string of the molecule is CC(C)(C)c1ccc(OCC(=O)N2CCN(CC(=O)N3CCN(C4CCC4)CC3)CC2)cc1. The first-order chi connectivity index (χ1) is 15.8. The Morgan fingerprint density at radius 2 is 1.42 bits per heavy atom. The van der Waals surface area contributed by atoms with Crippen molar-refractivity contribution in [2.24, 2.45) is 0 Å². The first kappa shape index (κ1) is 24.0. The van der Waals surface area contributed by atoms with Crippen LogP contribution in [0.5, 0.6) is 5.75 Å². The van der Waals surface area contributed by atoms with Crippen molar-refractivity contribution >= 4 is 11.8 Å². The van der Waals surface area contributed by atoms with Gasteiger partial charge in [-0.1, -0.05) is 39.3 Å². The zero-order chi connectivity index (χ0) is 23.4. The van der Waals surface area contributed by atoms with Crippen LogP contribution in [0.2, 0.25) is 0 Å². The smallest absolute Gasteiger partial charge is 0.260 e. The second-order valence-electron chi connectivity index (χ2n) is 10.7. The molecule has 0 radical (unpaired) electrons. The molecule has 2 saturated heterocycles. The fraction of sp³-hybridized carbons (Fsp3) is 0.692. The predicted octanol–water partition coefficient (Wildman–Crippen LogP) is 2.20. The van der Waals surface area contributed by atoms with Gasteiger partial charge in [-0.2, -0.15) is 0 Å². The number of hydrogen-bond donors (Lipinski definition) is 0. The molecular weight excluding hydrogens is 416 g/mol. The molecule has 0 atom stereocenters. The van der Waals surface area contributed by atoms with Gasteiger partial charge < -0.3 is 14.5 Å². The zero-order valence-electron chi connectivity index (χ0n) is 20.6. The van der Waals surface area contributed by atoms with E-state index in [9.17, 15) is 9.59 Å². The van der Waals surface area contributed by atoms with Crippen LogP contribution in [0, 0.1) is 0 Å². The third-order valence-corrected chi connectivity index (χ3v) is 7.42. The van der Waals surface area contributed by atoms with Gasteiger partial charge in [-0.05, 0) is 36.0 Å². The molecule has 7 nitrogen and oxygen atoms in total. The summed E-state index contributed by atoms with van der Waals surface area (Å²) in [5.74, 6) is 0.955. The standard InChI is InChI=1S/C26H40N4O3/c1-26(2,3)21-7-9-23(10-8-21)33-20-25(32)30-13-11-27(12-14-30)19-24(31)29-17-15-28(16-18-29)22-5-4-6-22/h7-10,22H,4-6,11-20H2,1-3H3.